The molecule has 0 saturated carbocycles. The van der Waals surface area contributed by atoms with E-state index in [1.54, 1.807) is 0 Å². The van der Waals surface area contributed by atoms with Gasteiger partial charge in [0, 0.05) is 18.8 Å². The lowest BCUT2D eigenvalue weighted by molar-refractivity contribution is 0.329. The quantitative estimate of drug-likeness (QED) is 0.679. The van der Waals surface area contributed by atoms with Crippen LogP contribution in [0.3, 0.4) is 0 Å². The molecule has 0 aliphatic rings. The van der Waals surface area contributed by atoms with Crippen molar-refractivity contribution in [2.24, 2.45) is 0 Å². The smallest absolute Gasteiger partial charge is 0.0426 e. The molecule has 0 bridgehead atoms. The van der Waals surface area contributed by atoms with Crippen molar-refractivity contribution in [1.82, 2.24) is 4.90 Å². The van der Waals surface area contributed by atoms with Crippen molar-refractivity contribution in [2.75, 3.05) is 6.54 Å². The molecule has 1 aromatic rings. The second-order valence-corrected chi connectivity index (χ2v) is 3.83. The summed E-state index contributed by atoms with van der Waals surface area (Å²) in [7, 11) is 0. The van der Waals surface area contributed by atoms with E-state index < -0.39 is 0 Å². The van der Waals surface area contributed by atoms with Crippen LogP contribution in [0.15, 0.2) is 42.6 Å². The fraction of sp³-hybridized carbons (Fsp3) is 0.429. The lowest BCUT2D eigenvalue weighted by Crippen LogP contribution is -2.22. The van der Waals surface area contributed by atoms with Gasteiger partial charge in [0.2, 0.25) is 0 Å². The molecular weight excluding hydrogens is 182 g/mol. The summed E-state index contributed by atoms with van der Waals surface area (Å²) in [4.78, 5) is 2.37. The molecule has 1 rings (SSSR count). The lowest BCUT2D eigenvalue weighted by atomic mass is 10.2. The predicted molar refractivity (Wildman–Crippen MR) is 66.6 cm³/mol. The minimum Gasteiger partial charge on any atom is -0.371 e. The van der Waals surface area contributed by atoms with Crippen LogP contribution in [0.5, 0.6) is 0 Å². The molecule has 15 heavy (non-hydrogen) atoms. The molecule has 1 nitrogen and oxygen atoms in total. The third-order valence-electron chi connectivity index (χ3n) is 2.57. The second kappa shape index (κ2) is 6.28. The SMILES string of the molecule is C=C(CC)N(CCC)Cc1ccccc1. The van der Waals surface area contributed by atoms with Gasteiger partial charge in [0.25, 0.3) is 0 Å². The van der Waals surface area contributed by atoms with Gasteiger partial charge in [-0.3, -0.25) is 0 Å². The Bertz CT molecular complexity index is 289. The maximum absolute atomic E-state index is 4.11. The first-order chi connectivity index (χ1) is 7.27. The molecule has 0 amide bonds. The van der Waals surface area contributed by atoms with Crippen LogP contribution in [-0.4, -0.2) is 11.4 Å². The van der Waals surface area contributed by atoms with Gasteiger partial charge in [-0.2, -0.15) is 0 Å². The average molecular weight is 203 g/mol. The summed E-state index contributed by atoms with van der Waals surface area (Å²) in [6.07, 6.45) is 2.21. The molecular formula is C14H21N. The fourth-order valence-corrected chi connectivity index (χ4v) is 1.65. The van der Waals surface area contributed by atoms with Crippen molar-refractivity contribution in [3.63, 3.8) is 0 Å². The maximum atomic E-state index is 4.11. The molecule has 1 aromatic carbocycles. The van der Waals surface area contributed by atoms with Crippen LogP contribution in [0.1, 0.15) is 32.3 Å². The van der Waals surface area contributed by atoms with Gasteiger partial charge >= 0.3 is 0 Å². The van der Waals surface area contributed by atoms with Gasteiger partial charge in [0.1, 0.15) is 0 Å². The first-order valence-corrected chi connectivity index (χ1v) is 5.74. The highest BCUT2D eigenvalue weighted by Crippen LogP contribution is 2.12. The highest BCUT2D eigenvalue weighted by atomic mass is 15.1. The number of hydrogen-bond donors (Lipinski definition) is 0. The third kappa shape index (κ3) is 3.78. The molecule has 0 N–H and O–H groups in total. The monoisotopic (exact) mass is 203 g/mol. The van der Waals surface area contributed by atoms with E-state index in [2.05, 4.69) is 55.7 Å². The Morgan fingerprint density at radius 3 is 2.40 bits per heavy atom. The van der Waals surface area contributed by atoms with Crippen molar-refractivity contribution in [1.29, 1.82) is 0 Å². The van der Waals surface area contributed by atoms with E-state index in [-0.39, 0.29) is 0 Å². The molecule has 0 aliphatic heterocycles. The summed E-state index contributed by atoms with van der Waals surface area (Å²) in [6, 6.07) is 10.6. The summed E-state index contributed by atoms with van der Waals surface area (Å²) in [5.74, 6) is 0. The Morgan fingerprint density at radius 2 is 1.87 bits per heavy atom. The average Bonchev–Trinajstić information content (AvgIpc) is 2.29. The predicted octanol–water partition coefficient (Wildman–Crippen LogP) is 3.82. The Balaban J connectivity index is 2.62. The molecule has 0 saturated heterocycles. The first-order valence-electron chi connectivity index (χ1n) is 5.74. The normalized spacial score (nSPS) is 10.0. The van der Waals surface area contributed by atoms with E-state index in [1.165, 1.54) is 17.7 Å². The number of nitrogens with zero attached hydrogens (tertiary/aromatic N) is 1. The van der Waals surface area contributed by atoms with Gasteiger partial charge in [0.15, 0.2) is 0 Å². The van der Waals surface area contributed by atoms with E-state index in [4.69, 9.17) is 0 Å². The van der Waals surface area contributed by atoms with Gasteiger partial charge in [0.05, 0.1) is 0 Å². The zero-order valence-electron chi connectivity index (χ0n) is 9.87. The topological polar surface area (TPSA) is 3.24 Å². The van der Waals surface area contributed by atoms with Crippen molar-refractivity contribution in [3.05, 3.63) is 48.2 Å². The van der Waals surface area contributed by atoms with E-state index in [0.717, 1.165) is 19.5 Å². The summed E-state index contributed by atoms with van der Waals surface area (Å²) in [5.41, 5.74) is 2.60. The Labute approximate surface area is 93.4 Å². The maximum Gasteiger partial charge on any atom is 0.0426 e. The fourth-order valence-electron chi connectivity index (χ4n) is 1.65. The van der Waals surface area contributed by atoms with Gasteiger partial charge in [-0.15, -0.1) is 0 Å². The summed E-state index contributed by atoms with van der Waals surface area (Å²) >= 11 is 0. The Hall–Kier alpha value is -1.24. The largest absolute Gasteiger partial charge is 0.371 e. The second-order valence-electron chi connectivity index (χ2n) is 3.83. The third-order valence-corrected chi connectivity index (χ3v) is 2.57. The van der Waals surface area contributed by atoms with Crippen LogP contribution in [0.25, 0.3) is 0 Å². The van der Waals surface area contributed by atoms with E-state index in [9.17, 15) is 0 Å². The van der Waals surface area contributed by atoms with E-state index >= 15 is 0 Å². The zero-order chi connectivity index (χ0) is 11.1. The van der Waals surface area contributed by atoms with Gasteiger partial charge in [-0.1, -0.05) is 50.8 Å². The van der Waals surface area contributed by atoms with E-state index in [1.807, 2.05) is 0 Å². The van der Waals surface area contributed by atoms with Gasteiger partial charge < -0.3 is 4.90 Å². The number of hydrogen-bond acceptors (Lipinski definition) is 1. The van der Waals surface area contributed by atoms with Crippen molar-refractivity contribution in [2.45, 2.75) is 33.2 Å². The molecule has 0 fully saturated rings. The molecule has 0 heterocycles. The molecule has 0 aromatic heterocycles. The first kappa shape index (κ1) is 11.8. The Morgan fingerprint density at radius 1 is 1.20 bits per heavy atom. The highest BCUT2D eigenvalue weighted by Gasteiger charge is 2.05. The number of rotatable bonds is 6. The standard InChI is InChI=1S/C14H21N/c1-4-11-15(13(3)5-2)12-14-9-7-6-8-10-14/h6-10H,3-5,11-12H2,1-2H3. The molecule has 0 aliphatic carbocycles. The van der Waals surface area contributed by atoms with Crippen LogP contribution < -0.4 is 0 Å². The molecule has 1 heteroatoms. The van der Waals surface area contributed by atoms with Crippen molar-refractivity contribution in [3.8, 4) is 0 Å². The lowest BCUT2D eigenvalue weighted by Gasteiger charge is -2.25. The van der Waals surface area contributed by atoms with Crippen LogP contribution >= 0.6 is 0 Å². The molecule has 0 unspecified atom stereocenters. The highest BCUT2D eigenvalue weighted by molar-refractivity contribution is 5.15. The zero-order valence-corrected chi connectivity index (χ0v) is 9.87. The summed E-state index contributed by atoms with van der Waals surface area (Å²) < 4.78 is 0. The number of allylic oxidation sites excluding steroid dienone is 1. The summed E-state index contributed by atoms with van der Waals surface area (Å²) in [5, 5.41) is 0. The molecule has 0 radical (unpaired) electrons. The van der Waals surface area contributed by atoms with Crippen molar-refractivity contribution < 1.29 is 0 Å². The number of benzene rings is 1. The minimum atomic E-state index is 0.987. The minimum absolute atomic E-state index is 0.987. The van der Waals surface area contributed by atoms with Crippen LogP contribution in [0.2, 0.25) is 0 Å². The van der Waals surface area contributed by atoms with Crippen LogP contribution in [0, 0.1) is 0 Å². The van der Waals surface area contributed by atoms with Gasteiger partial charge in [-0.05, 0) is 18.4 Å². The van der Waals surface area contributed by atoms with Crippen LogP contribution in [-0.2, 0) is 6.54 Å². The molecule has 0 atom stereocenters. The summed E-state index contributed by atoms with van der Waals surface area (Å²) in [6.45, 7) is 10.6. The molecule has 0 spiro atoms. The van der Waals surface area contributed by atoms with Crippen LogP contribution in [0.4, 0.5) is 0 Å². The Kier molecular flexibility index (Phi) is 4.96. The van der Waals surface area contributed by atoms with E-state index in [0.29, 0.717) is 0 Å². The molecule has 82 valence electrons. The van der Waals surface area contributed by atoms with Crippen molar-refractivity contribution >= 4 is 0 Å². The van der Waals surface area contributed by atoms with Gasteiger partial charge in [-0.25, -0.2) is 0 Å².